The zero-order valence-electron chi connectivity index (χ0n) is 44.6. The van der Waals surface area contributed by atoms with Gasteiger partial charge in [0, 0.05) is 0 Å². The maximum Gasteiger partial charge on any atom is 0.315 e. The number of aliphatic hydroxyl groups is 13. The monoisotopic (exact) mass is 1100 g/mol. The van der Waals surface area contributed by atoms with E-state index >= 15 is 4.79 Å². The molecular formula is C53H84O24. The number of carbonyl (C=O) groups is 2. The molecule has 0 amide bonds. The molecule has 8 fully saturated rings. The van der Waals surface area contributed by atoms with Crippen molar-refractivity contribution in [3.8, 4) is 0 Å². The number of carbonyl (C=O) groups excluding carboxylic acids is 1. The Morgan fingerprint density at radius 1 is 0.610 bits per heavy atom. The lowest BCUT2D eigenvalue weighted by atomic mass is 9.33. The van der Waals surface area contributed by atoms with Crippen molar-refractivity contribution >= 4 is 11.9 Å². The van der Waals surface area contributed by atoms with E-state index in [2.05, 4.69) is 40.7 Å². The fraction of sp³-hybridized carbons (Fsp3) is 0.925. The zero-order valence-corrected chi connectivity index (χ0v) is 44.6. The van der Waals surface area contributed by atoms with Crippen LogP contribution in [-0.4, -0.2) is 233 Å². The Morgan fingerprint density at radius 3 is 1.84 bits per heavy atom. The van der Waals surface area contributed by atoms with Gasteiger partial charge in [0.15, 0.2) is 18.9 Å². The topological polar surface area (TPSA) is 391 Å². The molecule has 4 saturated heterocycles. The molecule has 77 heavy (non-hydrogen) atoms. The highest BCUT2D eigenvalue weighted by molar-refractivity contribution is 5.79. The van der Waals surface area contributed by atoms with E-state index in [4.69, 9.17) is 37.9 Å². The van der Waals surface area contributed by atoms with E-state index in [1.54, 1.807) is 6.92 Å². The number of fused-ring (bicyclic) bond motifs is 7. The smallest absolute Gasteiger partial charge is 0.315 e. The Bertz CT molecular complexity index is 2170. The normalized spacial score (nSPS) is 53.6. The van der Waals surface area contributed by atoms with Crippen LogP contribution >= 0.6 is 0 Å². The molecule has 0 spiro atoms. The summed E-state index contributed by atoms with van der Waals surface area (Å²) >= 11 is 0. The van der Waals surface area contributed by atoms with Crippen LogP contribution in [0.5, 0.6) is 0 Å². The van der Waals surface area contributed by atoms with Crippen molar-refractivity contribution in [1.82, 2.24) is 0 Å². The molecule has 0 aromatic heterocycles. The summed E-state index contributed by atoms with van der Waals surface area (Å²) < 4.78 is 46.9. The van der Waals surface area contributed by atoms with E-state index in [9.17, 15) is 76.3 Å². The van der Waals surface area contributed by atoms with E-state index < -0.39 is 176 Å². The van der Waals surface area contributed by atoms with Crippen LogP contribution in [0.25, 0.3) is 0 Å². The maximum absolute atomic E-state index is 15.2. The minimum atomic E-state index is -1.94. The van der Waals surface area contributed by atoms with Crippen LogP contribution < -0.4 is 0 Å². The highest BCUT2D eigenvalue weighted by Gasteiger charge is 2.72. The van der Waals surface area contributed by atoms with Crippen molar-refractivity contribution in [2.45, 2.75) is 229 Å². The molecule has 0 bridgehead atoms. The number of carboxylic acid groups (broad SMARTS) is 1. The molecule has 24 heteroatoms. The molecule has 5 aliphatic carbocycles. The lowest BCUT2D eigenvalue weighted by molar-refractivity contribution is -0.372. The maximum atomic E-state index is 15.2. The number of esters is 1. The number of ether oxygens (including phenoxy) is 8. The van der Waals surface area contributed by atoms with E-state index in [0.29, 0.717) is 64.2 Å². The molecule has 4 heterocycles. The van der Waals surface area contributed by atoms with Crippen LogP contribution in [0.4, 0.5) is 0 Å². The van der Waals surface area contributed by atoms with Crippen LogP contribution in [0.2, 0.25) is 0 Å². The fourth-order valence-corrected chi connectivity index (χ4v) is 16.1. The lowest BCUT2D eigenvalue weighted by Gasteiger charge is -2.71. The molecule has 28 unspecified atom stereocenters. The van der Waals surface area contributed by atoms with Crippen LogP contribution in [0.15, 0.2) is 11.6 Å². The number of rotatable bonds is 12. The Balaban J connectivity index is 0.934. The van der Waals surface area contributed by atoms with Gasteiger partial charge in [-0.15, -0.1) is 0 Å². The van der Waals surface area contributed by atoms with E-state index in [0.717, 1.165) is 5.57 Å². The molecular weight excluding hydrogens is 1020 g/mol. The van der Waals surface area contributed by atoms with Crippen molar-refractivity contribution in [3.05, 3.63) is 11.6 Å². The Kier molecular flexibility index (Phi) is 16.7. The molecule has 0 aromatic rings. The first kappa shape index (κ1) is 59.5. The van der Waals surface area contributed by atoms with Gasteiger partial charge in [-0.3, -0.25) is 9.59 Å². The van der Waals surface area contributed by atoms with Crippen LogP contribution in [0.3, 0.4) is 0 Å². The Hall–Kier alpha value is -2.12. The summed E-state index contributed by atoms with van der Waals surface area (Å²) in [6.07, 6.45) is -25.5. The van der Waals surface area contributed by atoms with E-state index in [-0.39, 0.29) is 35.2 Å². The first-order chi connectivity index (χ1) is 36.0. The SMILES string of the molecule is CC1(C)CCC2(C(=O)OC3OC(COC4OC(CO)C(O)C(O)C4OC4OC(CO)C(O)C(O)C4O)C(O)C(O)C3O)CCC3(C)C(=CCC4C5(C)CCC(OC6OCC(O)C(O)C6O)C(C)(C(=O)O)C5CCC43C)C2C1. The third-order valence-corrected chi connectivity index (χ3v) is 21.1. The van der Waals surface area contributed by atoms with Crippen molar-refractivity contribution in [3.63, 3.8) is 0 Å². The second kappa shape index (κ2) is 21.6. The van der Waals surface area contributed by atoms with Gasteiger partial charge in [0.05, 0.1) is 43.4 Å². The summed E-state index contributed by atoms with van der Waals surface area (Å²) in [4.78, 5) is 28.8. The van der Waals surface area contributed by atoms with Gasteiger partial charge in [-0.25, -0.2) is 0 Å². The van der Waals surface area contributed by atoms with Gasteiger partial charge in [0.1, 0.15) is 91.6 Å². The standard InChI is InChI=1S/C53H84O24/c1-48(2)13-15-53(47(69)77-44-40(66)36(62)34(60)27(74-44)21-71-45-41(37(63)33(59)26(19-55)73-45)76-43-39(65)35(61)32(58)25(18-54)72-43)16-14-50(4)22(23(53)17-48)7-8-28-49(3)11-10-30(75-42-38(64)31(57)24(56)20-70-42)52(6,46(67)68)29(49)9-12-51(28,50)5/h7,23-45,54-66H,8-21H2,1-6H3,(H,67,68). The van der Waals surface area contributed by atoms with Gasteiger partial charge >= 0.3 is 11.9 Å². The minimum absolute atomic E-state index is 0.0148. The number of aliphatic hydroxyl groups excluding tert-OH is 13. The van der Waals surface area contributed by atoms with Crippen molar-refractivity contribution in [2.75, 3.05) is 26.4 Å². The molecule has 24 nitrogen and oxygen atoms in total. The van der Waals surface area contributed by atoms with Crippen LogP contribution in [0, 0.1) is 50.2 Å². The zero-order chi connectivity index (χ0) is 56.3. The minimum Gasteiger partial charge on any atom is -0.481 e. The number of hydrogen-bond acceptors (Lipinski definition) is 23. The molecule has 0 radical (unpaired) electrons. The highest BCUT2D eigenvalue weighted by Crippen LogP contribution is 2.76. The van der Waals surface area contributed by atoms with Crippen molar-refractivity contribution in [1.29, 1.82) is 0 Å². The van der Waals surface area contributed by atoms with Crippen molar-refractivity contribution in [2.24, 2.45) is 50.2 Å². The largest absolute Gasteiger partial charge is 0.481 e. The van der Waals surface area contributed by atoms with E-state index in [1.807, 2.05) is 0 Å². The number of allylic oxidation sites excluding steroid dienone is 2. The van der Waals surface area contributed by atoms with Gasteiger partial charge in [0.25, 0.3) is 0 Å². The summed E-state index contributed by atoms with van der Waals surface area (Å²) in [5.41, 5.74) is -2.89. The van der Waals surface area contributed by atoms with Gasteiger partial charge in [-0.2, -0.15) is 0 Å². The molecule has 9 rings (SSSR count). The number of hydrogen-bond donors (Lipinski definition) is 14. The van der Waals surface area contributed by atoms with Crippen LogP contribution in [0.1, 0.15) is 106 Å². The molecule has 28 atom stereocenters. The summed E-state index contributed by atoms with van der Waals surface area (Å²) in [5.74, 6) is -2.36. The highest BCUT2D eigenvalue weighted by atomic mass is 16.8. The quantitative estimate of drug-likeness (QED) is 0.0554. The Morgan fingerprint density at radius 2 is 1.19 bits per heavy atom. The molecule has 9 aliphatic rings. The van der Waals surface area contributed by atoms with E-state index in [1.165, 1.54) is 0 Å². The third-order valence-electron chi connectivity index (χ3n) is 21.1. The summed E-state index contributed by atoms with van der Waals surface area (Å²) in [7, 11) is 0. The predicted molar refractivity (Wildman–Crippen MR) is 259 cm³/mol. The summed E-state index contributed by atoms with van der Waals surface area (Å²) in [6, 6.07) is 0. The predicted octanol–water partition coefficient (Wildman–Crippen LogP) is -2.33. The third kappa shape index (κ3) is 9.65. The van der Waals surface area contributed by atoms with Crippen molar-refractivity contribution < 1.29 is 119 Å². The molecule has 440 valence electrons. The second-order valence-electron chi connectivity index (χ2n) is 25.6. The van der Waals surface area contributed by atoms with Gasteiger partial charge in [0.2, 0.25) is 6.29 Å². The summed E-state index contributed by atoms with van der Waals surface area (Å²) in [5, 5.41) is 149. The second-order valence-corrected chi connectivity index (χ2v) is 25.6. The molecule has 4 aliphatic heterocycles. The molecule has 14 N–H and O–H groups in total. The molecule has 0 aromatic carbocycles. The Labute approximate surface area is 446 Å². The van der Waals surface area contributed by atoms with Crippen LogP contribution in [-0.2, 0) is 47.5 Å². The summed E-state index contributed by atoms with van der Waals surface area (Å²) in [6.45, 7) is 10.2. The lowest BCUT2D eigenvalue weighted by Crippen LogP contribution is -2.67. The van der Waals surface area contributed by atoms with Gasteiger partial charge in [-0.05, 0) is 111 Å². The molecule has 4 saturated carbocycles. The first-order valence-electron chi connectivity index (χ1n) is 27.4. The van der Waals surface area contributed by atoms with Gasteiger partial charge in [-0.1, -0.05) is 46.3 Å². The average molecular weight is 1110 g/mol. The van der Waals surface area contributed by atoms with Gasteiger partial charge < -0.3 is 109 Å². The number of carboxylic acids is 1. The fourth-order valence-electron chi connectivity index (χ4n) is 16.1. The average Bonchev–Trinajstić information content (AvgIpc) is 3.46. The number of aliphatic carboxylic acids is 1. The first-order valence-corrected chi connectivity index (χ1v) is 27.4.